The first-order chi connectivity index (χ1) is 29.6. The molecule has 60 heavy (non-hydrogen) atoms. The van der Waals surface area contributed by atoms with E-state index in [1.165, 1.54) is 0 Å². The summed E-state index contributed by atoms with van der Waals surface area (Å²) in [4.78, 5) is 15.6. The van der Waals surface area contributed by atoms with E-state index in [0.29, 0.717) is 29.0 Å². The molecule has 11 aromatic rings. The number of hydrogen-bond acceptors (Lipinski definition) is 5. The van der Waals surface area contributed by atoms with Crippen LogP contribution < -0.4 is 10.5 Å². The summed E-state index contributed by atoms with van der Waals surface area (Å²) in [6.07, 6.45) is -0.264. The van der Waals surface area contributed by atoms with Gasteiger partial charge in [-0.2, -0.15) is 9.97 Å². The van der Waals surface area contributed by atoms with Crippen molar-refractivity contribution in [1.82, 2.24) is 24.1 Å². The SMILES string of the molecule is CC(Oc1ccccc1N)c1ccc(-n2c3ccccc3c3ccc4c5ccccc5n(-c5nc(-c6ccccc6)nc(-c6ccccc6)n5)c4c32)c(-c2ccccc2)c1. The molecule has 7 heteroatoms. The Labute approximate surface area is 346 Å². The molecule has 0 radical (unpaired) electrons. The van der Waals surface area contributed by atoms with Crippen LogP contribution in [-0.4, -0.2) is 24.1 Å². The minimum absolute atomic E-state index is 0.264. The van der Waals surface area contributed by atoms with Crippen LogP contribution in [0.1, 0.15) is 18.6 Å². The summed E-state index contributed by atoms with van der Waals surface area (Å²) in [5, 5.41) is 4.49. The number of ether oxygens (including phenoxy) is 1. The average molecular weight is 775 g/mol. The number of rotatable bonds is 8. The highest BCUT2D eigenvalue weighted by molar-refractivity contribution is 6.24. The molecule has 0 saturated heterocycles. The van der Waals surface area contributed by atoms with Crippen LogP contribution in [0.2, 0.25) is 0 Å². The van der Waals surface area contributed by atoms with E-state index in [1.54, 1.807) is 0 Å². The van der Waals surface area contributed by atoms with Crippen molar-refractivity contribution in [3.05, 3.63) is 200 Å². The Morgan fingerprint density at radius 1 is 0.467 bits per heavy atom. The van der Waals surface area contributed by atoms with Gasteiger partial charge in [0.05, 0.1) is 33.4 Å². The highest BCUT2D eigenvalue weighted by atomic mass is 16.5. The molecule has 0 aliphatic rings. The average Bonchev–Trinajstić information content (AvgIpc) is 3.83. The number of nitrogens with two attached hydrogens (primary N) is 1. The van der Waals surface area contributed by atoms with Crippen molar-refractivity contribution in [2.24, 2.45) is 0 Å². The van der Waals surface area contributed by atoms with E-state index in [-0.39, 0.29) is 6.10 Å². The van der Waals surface area contributed by atoms with Crippen LogP contribution in [0.15, 0.2) is 194 Å². The molecule has 1 atom stereocenters. The van der Waals surface area contributed by atoms with Crippen molar-refractivity contribution >= 4 is 49.3 Å². The zero-order valence-corrected chi connectivity index (χ0v) is 32.8. The summed E-state index contributed by atoms with van der Waals surface area (Å²) in [5.74, 6) is 2.42. The maximum absolute atomic E-state index is 6.48. The van der Waals surface area contributed by atoms with Gasteiger partial charge < -0.3 is 15.0 Å². The minimum Gasteiger partial charge on any atom is -0.484 e. The number of fused-ring (bicyclic) bond motifs is 7. The molecule has 3 heterocycles. The standard InChI is InChI=1S/C53H38N6O/c1-34(60-48-28-16-13-25-44(48)54)38-29-32-47(43(33-38)35-17-5-2-6-18-35)58-45-26-14-11-23-39(45)41-30-31-42-40-24-12-15-27-46(40)59(50(42)49(41)58)53-56-51(36-19-7-3-8-20-36)55-52(57-53)37-21-9-4-10-22-37/h2-34H,54H2,1H3. The van der Waals surface area contributed by atoms with Gasteiger partial charge in [-0.25, -0.2) is 4.98 Å². The van der Waals surface area contributed by atoms with Crippen LogP contribution in [0.4, 0.5) is 5.69 Å². The van der Waals surface area contributed by atoms with Gasteiger partial charge in [-0.1, -0.05) is 158 Å². The Bertz CT molecular complexity index is 3320. The normalized spacial score (nSPS) is 12.1. The molecule has 1 unspecified atom stereocenters. The van der Waals surface area contributed by atoms with Gasteiger partial charge in [0.25, 0.3) is 0 Å². The fraction of sp³-hybridized carbons (Fsp3) is 0.0377. The van der Waals surface area contributed by atoms with Crippen LogP contribution in [0.5, 0.6) is 5.75 Å². The van der Waals surface area contributed by atoms with Crippen molar-refractivity contribution in [2.75, 3.05) is 5.73 Å². The first-order valence-electron chi connectivity index (χ1n) is 20.1. The third-order valence-electron chi connectivity index (χ3n) is 11.4. The van der Waals surface area contributed by atoms with Crippen LogP contribution in [0.3, 0.4) is 0 Å². The van der Waals surface area contributed by atoms with Crippen molar-refractivity contribution in [1.29, 1.82) is 0 Å². The highest BCUT2D eigenvalue weighted by Crippen LogP contribution is 2.44. The van der Waals surface area contributed by atoms with Crippen LogP contribution in [0, 0.1) is 0 Å². The van der Waals surface area contributed by atoms with Gasteiger partial charge in [0.15, 0.2) is 11.6 Å². The fourth-order valence-corrected chi connectivity index (χ4v) is 8.55. The smallest absolute Gasteiger partial charge is 0.238 e. The first kappa shape index (κ1) is 35.2. The van der Waals surface area contributed by atoms with E-state index >= 15 is 0 Å². The third kappa shape index (κ3) is 5.86. The van der Waals surface area contributed by atoms with Gasteiger partial charge in [0.1, 0.15) is 11.9 Å². The lowest BCUT2D eigenvalue weighted by Gasteiger charge is -2.20. The fourth-order valence-electron chi connectivity index (χ4n) is 8.55. The van der Waals surface area contributed by atoms with Crippen LogP contribution in [0.25, 0.3) is 89.2 Å². The molecular formula is C53H38N6O. The zero-order valence-electron chi connectivity index (χ0n) is 32.8. The summed E-state index contributed by atoms with van der Waals surface area (Å²) in [6.45, 7) is 2.07. The summed E-state index contributed by atoms with van der Waals surface area (Å²) in [5.41, 5.74) is 17.2. The van der Waals surface area contributed by atoms with Crippen molar-refractivity contribution in [3.8, 4) is 51.3 Å². The molecule has 7 nitrogen and oxygen atoms in total. The highest BCUT2D eigenvalue weighted by Gasteiger charge is 2.25. The molecule has 0 aliphatic heterocycles. The Morgan fingerprint density at radius 3 is 1.57 bits per heavy atom. The summed E-state index contributed by atoms with van der Waals surface area (Å²) >= 11 is 0. The van der Waals surface area contributed by atoms with Crippen molar-refractivity contribution in [3.63, 3.8) is 0 Å². The molecule has 2 N–H and O–H groups in total. The summed E-state index contributed by atoms with van der Waals surface area (Å²) < 4.78 is 11.1. The Hall–Kier alpha value is -8.03. The number of aromatic nitrogens is 5. The van der Waals surface area contributed by atoms with Gasteiger partial charge in [0.2, 0.25) is 5.95 Å². The van der Waals surface area contributed by atoms with Crippen LogP contribution >= 0.6 is 0 Å². The zero-order chi connectivity index (χ0) is 40.2. The number of para-hydroxylation sites is 4. The summed E-state index contributed by atoms with van der Waals surface area (Å²) in [6, 6.07) is 66.9. The largest absolute Gasteiger partial charge is 0.484 e. The van der Waals surface area contributed by atoms with Crippen molar-refractivity contribution in [2.45, 2.75) is 13.0 Å². The lowest BCUT2D eigenvalue weighted by Crippen LogP contribution is -2.08. The maximum Gasteiger partial charge on any atom is 0.238 e. The van der Waals surface area contributed by atoms with E-state index in [4.69, 9.17) is 25.4 Å². The molecule has 11 rings (SSSR count). The monoisotopic (exact) mass is 774 g/mol. The molecule has 286 valence electrons. The second-order valence-corrected chi connectivity index (χ2v) is 15.0. The van der Waals surface area contributed by atoms with Crippen LogP contribution in [-0.2, 0) is 0 Å². The van der Waals surface area contributed by atoms with Gasteiger partial charge in [-0.15, -0.1) is 0 Å². The topological polar surface area (TPSA) is 83.8 Å². The Morgan fingerprint density at radius 2 is 0.967 bits per heavy atom. The molecule has 3 aromatic heterocycles. The van der Waals surface area contributed by atoms with Gasteiger partial charge in [-0.05, 0) is 54.4 Å². The first-order valence-corrected chi connectivity index (χ1v) is 20.1. The molecule has 0 bridgehead atoms. The number of hydrogen-bond donors (Lipinski definition) is 1. The number of benzene rings is 8. The van der Waals surface area contributed by atoms with Gasteiger partial charge >= 0.3 is 0 Å². The van der Waals surface area contributed by atoms with E-state index in [2.05, 4.69) is 125 Å². The number of nitrogen functional groups attached to an aromatic ring is 1. The lowest BCUT2D eigenvalue weighted by molar-refractivity contribution is 0.228. The Balaban J connectivity index is 1.23. The van der Waals surface area contributed by atoms with Crippen molar-refractivity contribution < 1.29 is 4.74 Å². The quantitative estimate of drug-likeness (QED) is 0.155. The van der Waals surface area contributed by atoms with E-state index < -0.39 is 0 Å². The van der Waals surface area contributed by atoms with Gasteiger partial charge in [-0.3, -0.25) is 4.57 Å². The van der Waals surface area contributed by atoms with E-state index in [9.17, 15) is 0 Å². The molecule has 0 aliphatic carbocycles. The third-order valence-corrected chi connectivity index (χ3v) is 11.4. The molecule has 0 spiro atoms. The second-order valence-electron chi connectivity index (χ2n) is 15.0. The van der Waals surface area contributed by atoms with Gasteiger partial charge in [0, 0.05) is 38.2 Å². The van der Waals surface area contributed by atoms with E-state index in [0.717, 1.165) is 77.1 Å². The molecule has 0 amide bonds. The summed E-state index contributed by atoms with van der Waals surface area (Å²) in [7, 11) is 0. The lowest BCUT2D eigenvalue weighted by atomic mass is 9.98. The molecule has 8 aromatic carbocycles. The second kappa shape index (κ2) is 14.4. The minimum atomic E-state index is -0.264. The number of anilines is 1. The molecule has 0 fully saturated rings. The molecule has 0 saturated carbocycles. The van der Waals surface area contributed by atoms with E-state index in [1.807, 2.05) is 84.9 Å². The molecular weight excluding hydrogens is 737 g/mol. The Kier molecular flexibility index (Phi) is 8.45. The predicted octanol–water partition coefficient (Wildman–Crippen LogP) is 12.8. The maximum atomic E-state index is 6.48. The predicted molar refractivity (Wildman–Crippen MR) is 245 cm³/mol. The number of nitrogens with zero attached hydrogens (tertiary/aromatic N) is 5.